The maximum Gasteiger partial charge on any atom is 0.338 e. The predicted octanol–water partition coefficient (Wildman–Crippen LogP) is 3.95. The number of aliphatic hydroxyl groups is 1. The van der Waals surface area contributed by atoms with Crippen LogP contribution in [0.3, 0.4) is 0 Å². The highest BCUT2D eigenvalue weighted by atomic mass is 16.5. The lowest BCUT2D eigenvalue weighted by molar-refractivity contribution is -0.122. The maximum atomic E-state index is 13.0. The Bertz CT molecular complexity index is 872. The van der Waals surface area contributed by atoms with Crippen LogP contribution in [0.5, 0.6) is 11.5 Å². The number of allylic oxidation sites excluding steroid dienone is 1. The summed E-state index contributed by atoms with van der Waals surface area (Å²) in [5.41, 5.74) is -0.560. The fourth-order valence-electron chi connectivity index (χ4n) is 5.13. The summed E-state index contributed by atoms with van der Waals surface area (Å²) in [5, 5.41) is 11.6. The molecular weight excluding hydrogens is 384 g/mol. The van der Waals surface area contributed by atoms with E-state index in [2.05, 4.69) is 0 Å². The molecule has 1 N–H and O–H groups in total. The van der Waals surface area contributed by atoms with Gasteiger partial charge in [-0.05, 0) is 60.9 Å². The lowest BCUT2D eigenvalue weighted by Crippen LogP contribution is -2.50. The Hall–Kier alpha value is -2.34. The average molecular weight is 417 g/mol. The van der Waals surface area contributed by atoms with Gasteiger partial charge in [-0.2, -0.15) is 0 Å². The number of ether oxygens (including phenoxy) is 3. The Morgan fingerprint density at radius 2 is 1.83 bits per heavy atom. The number of hydrogen-bond donors (Lipinski definition) is 1. The highest BCUT2D eigenvalue weighted by Crippen LogP contribution is 2.57. The van der Waals surface area contributed by atoms with Gasteiger partial charge in [0.15, 0.2) is 17.3 Å². The van der Waals surface area contributed by atoms with Gasteiger partial charge in [0.2, 0.25) is 0 Å². The van der Waals surface area contributed by atoms with E-state index in [1.54, 1.807) is 31.2 Å². The normalized spacial score (nSPS) is 31.1. The van der Waals surface area contributed by atoms with Crippen molar-refractivity contribution in [3.8, 4) is 11.5 Å². The summed E-state index contributed by atoms with van der Waals surface area (Å²) in [6.45, 7) is 7.72. The molecule has 30 heavy (non-hydrogen) atoms. The van der Waals surface area contributed by atoms with Crippen molar-refractivity contribution in [3.63, 3.8) is 0 Å². The number of methoxy groups -OCH3 is 2. The molecule has 1 aromatic rings. The third-order valence-electron chi connectivity index (χ3n) is 7.00. The molecule has 0 radical (unpaired) electrons. The molecule has 4 atom stereocenters. The van der Waals surface area contributed by atoms with Crippen LogP contribution in [0.4, 0.5) is 0 Å². The average Bonchev–Trinajstić information content (AvgIpc) is 2.93. The first-order valence-electron chi connectivity index (χ1n) is 10.4. The molecule has 0 aliphatic heterocycles. The highest BCUT2D eigenvalue weighted by Gasteiger charge is 2.60. The van der Waals surface area contributed by atoms with Crippen LogP contribution in [-0.4, -0.2) is 42.8 Å². The summed E-state index contributed by atoms with van der Waals surface area (Å²) in [6, 6.07) is 4.84. The van der Waals surface area contributed by atoms with Gasteiger partial charge >= 0.3 is 5.97 Å². The molecule has 1 fully saturated rings. The van der Waals surface area contributed by atoms with Crippen LogP contribution in [-0.2, 0) is 9.53 Å². The number of Topliss-reactive ketones (excluding diaryl/α,β-unsaturated/α-hetero) is 1. The van der Waals surface area contributed by atoms with E-state index in [0.717, 1.165) is 0 Å². The minimum atomic E-state index is -1.02. The molecule has 0 unspecified atom stereocenters. The van der Waals surface area contributed by atoms with E-state index in [4.69, 9.17) is 14.2 Å². The van der Waals surface area contributed by atoms with E-state index in [1.807, 2.05) is 20.8 Å². The van der Waals surface area contributed by atoms with E-state index < -0.39 is 23.1 Å². The zero-order chi connectivity index (χ0) is 22.3. The summed E-state index contributed by atoms with van der Waals surface area (Å²) in [6.07, 6.45) is 2.66. The number of carbonyl (C=O) groups is 2. The third-order valence-corrected chi connectivity index (χ3v) is 7.00. The van der Waals surface area contributed by atoms with Crippen molar-refractivity contribution in [2.24, 2.45) is 17.3 Å². The van der Waals surface area contributed by atoms with E-state index in [1.165, 1.54) is 14.2 Å². The largest absolute Gasteiger partial charge is 0.493 e. The number of carbonyl (C=O) groups excluding carboxylic acids is 2. The predicted molar refractivity (Wildman–Crippen MR) is 113 cm³/mol. The molecule has 2 aliphatic carbocycles. The van der Waals surface area contributed by atoms with E-state index in [-0.39, 0.29) is 17.6 Å². The monoisotopic (exact) mass is 416 g/mol. The number of esters is 1. The number of fused-ring (bicyclic) bond motifs is 1. The van der Waals surface area contributed by atoms with Crippen molar-refractivity contribution in [3.05, 3.63) is 35.4 Å². The number of rotatable bonds is 5. The van der Waals surface area contributed by atoms with Gasteiger partial charge in [-0.15, -0.1) is 0 Å². The first-order chi connectivity index (χ1) is 14.1. The zero-order valence-corrected chi connectivity index (χ0v) is 18.7. The van der Waals surface area contributed by atoms with Gasteiger partial charge in [-0.1, -0.05) is 20.8 Å². The van der Waals surface area contributed by atoms with Crippen LogP contribution < -0.4 is 9.47 Å². The fourth-order valence-corrected chi connectivity index (χ4v) is 5.13. The second-order valence-electron chi connectivity index (χ2n) is 9.17. The zero-order valence-electron chi connectivity index (χ0n) is 18.7. The minimum Gasteiger partial charge on any atom is -0.493 e. The van der Waals surface area contributed by atoms with Crippen LogP contribution in [0.1, 0.15) is 57.3 Å². The fraction of sp³-hybridized carbons (Fsp3) is 0.583. The molecule has 164 valence electrons. The van der Waals surface area contributed by atoms with E-state index in [0.29, 0.717) is 41.9 Å². The van der Waals surface area contributed by atoms with Crippen molar-refractivity contribution in [2.75, 3.05) is 14.2 Å². The Morgan fingerprint density at radius 1 is 1.17 bits per heavy atom. The van der Waals surface area contributed by atoms with Gasteiger partial charge in [0.25, 0.3) is 0 Å². The van der Waals surface area contributed by atoms with Crippen molar-refractivity contribution in [1.82, 2.24) is 0 Å². The third kappa shape index (κ3) is 3.73. The van der Waals surface area contributed by atoms with Gasteiger partial charge in [0.1, 0.15) is 6.10 Å². The Morgan fingerprint density at radius 3 is 2.43 bits per heavy atom. The lowest BCUT2D eigenvalue weighted by Gasteiger charge is -2.42. The number of hydrogen-bond acceptors (Lipinski definition) is 6. The molecule has 0 amide bonds. The quantitative estimate of drug-likeness (QED) is 0.732. The number of benzene rings is 1. The standard InChI is InChI=1S/C24H32O6/c1-14(2)24(27)10-9-23(4)13-17(25)15(3)11-20(21(23)24)30-22(26)16-7-8-18(28-5)19(12-16)29-6/h7-8,11-12,14,20-21,27H,9-10,13H2,1-6H3/t20-,21+,23+,24+/m0/s1. The summed E-state index contributed by atoms with van der Waals surface area (Å²) in [7, 11) is 3.03. The molecule has 1 saturated carbocycles. The minimum absolute atomic E-state index is 0.0338. The molecule has 3 rings (SSSR count). The summed E-state index contributed by atoms with van der Waals surface area (Å²) >= 11 is 0. The summed E-state index contributed by atoms with van der Waals surface area (Å²) in [5.74, 6) is 0.0606. The Labute approximate surface area is 178 Å². The molecule has 0 spiro atoms. The molecule has 6 heteroatoms. The molecule has 0 aromatic heterocycles. The molecular formula is C24H32O6. The van der Waals surface area contributed by atoms with Crippen LogP contribution in [0.15, 0.2) is 29.8 Å². The van der Waals surface area contributed by atoms with Crippen LogP contribution in [0.2, 0.25) is 0 Å². The lowest BCUT2D eigenvalue weighted by atomic mass is 9.68. The molecule has 1 aromatic carbocycles. The molecule has 6 nitrogen and oxygen atoms in total. The Balaban J connectivity index is 1.99. The smallest absolute Gasteiger partial charge is 0.338 e. The topological polar surface area (TPSA) is 82.1 Å². The number of ketones is 1. The van der Waals surface area contributed by atoms with Gasteiger partial charge in [-0.25, -0.2) is 4.79 Å². The van der Waals surface area contributed by atoms with Gasteiger partial charge in [-0.3, -0.25) is 4.79 Å². The SMILES string of the molecule is COc1ccc(C(=O)O[C@H]2C=C(C)C(=O)C[C@@]3(C)CC[C@@](O)(C(C)C)[C@H]23)cc1OC. The first kappa shape index (κ1) is 22.3. The molecule has 0 saturated heterocycles. The van der Waals surface area contributed by atoms with Gasteiger partial charge in [0, 0.05) is 12.3 Å². The van der Waals surface area contributed by atoms with E-state index in [9.17, 15) is 14.7 Å². The van der Waals surface area contributed by atoms with E-state index >= 15 is 0 Å². The molecule has 0 heterocycles. The van der Waals surface area contributed by atoms with Crippen molar-refractivity contribution < 1.29 is 28.9 Å². The summed E-state index contributed by atoms with van der Waals surface area (Å²) < 4.78 is 16.5. The van der Waals surface area contributed by atoms with Crippen LogP contribution in [0.25, 0.3) is 0 Å². The second-order valence-corrected chi connectivity index (χ2v) is 9.17. The molecule has 2 aliphatic rings. The second kappa shape index (κ2) is 8.06. The van der Waals surface area contributed by atoms with Crippen molar-refractivity contribution in [2.45, 2.75) is 58.7 Å². The summed E-state index contributed by atoms with van der Waals surface area (Å²) in [4.78, 5) is 25.7. The van der Waals surface area contributed by atoms with Crippen molar-refractivity contribution >= 4 is 11.8 Å². The van der Waals surface area contributed by atoms with Gasteiger partial charge in [0.05, 0.1) is 25.4 Å². The molecule has 0 bridgehead atoms. The van der Waals surface area contributed by atoms with Crippen molar-refractivity contribution in [1.29, 1.82) is 0 Å². The van der Waals surface area contributed by atoms with Gasteiger partial charge < -0.3 is 19.3 Å². The maximum absolute atomic E-state index is 13.0. The highest BCUT2D eigenvalue weighted by molar-refractivity contribution is 5.96. The van der Waals surface area contributed by atoms with Crippen LogP contribution >= 0.6 is 0 Å². The first-order valence-corrected chi connectivity index (χ1v) is 10.4. The van der Waals surface area contributed by atoms with Crippen LogP contribution in [0, 0.1) is 17.3 Å². The Kier molecular flexibility index (Phi) is 6.01.